The average Bonchev–Trinajstić information content (AvgIpc) is 3.00. The van der Waals surface area contributed by atoms with Crippen LogP contribution in [0.2, 0.25) is 0 Å². The maximum absolute atomic E-state index is 12.9. The summed E-state index contributed by atoms with van der Waals surface area (Å²) in [5.41, 5.74) is 2.67. The molecule has 0 radical (unpaired) electrons. The lowest BCUT2D eigenvalue weighted by Crippen LogP contribution is -2.13. The zero-order valence-electron chi connectivity index (χ0n) is 16.2. The molecule has 0 unspecified atom stereocenters. The van der Waals surface area contributed by atoms with E-state index in [4.69, 9.17) is 0 Å². The first kappa shape index (κ1) is 19.6. The Labute approximate surface area is 170 Å². The van der Waals surface area contributed by atoms with E-state index < -0.39 is 11.7 Å². The Kier molecular flexibility index (Phi) is 4.77. The molecule has 0 aliphatic carbocycles. The van der Waals surface area contributed by atoms with Crippen molar-refractivity contribution in [3.05, 3.63) is 77.6 Å². The Morgan fingerprint density at radius 2 is 1.77 bits per heavy atom. The lowest BCUT2D eigenvalue weighted by atomic mass is 9.98. The van der Waals surface area contributed by atoms with Gasteiger partial charge in [-0.1, -0.05) is 30.3 Å². The van der Waals surface area contributed by atoms with Crippen LogP contribution in [0.1, 0.15) is 21.6 Å². The van der Waals surface area contributed by atoms with Crippen LogP contribution in [0, 0.1) is 6.92 Å². The number of nitrogens with one attached hydrogen (secondary N) is 1. The summed E-state index contributed by atoms with van der Waals surface area (Å²) in [5.74, 6) is -0.381. The number of aromatic nitrogens is 3. The van der Waals surface area contributed by atoms with Crippen LogP contribution < -0.4 is 5.32 Å². The third-order valence-corrected chi connectivity index (χ3v) is 4.82. The normalized spacial score (nSPS) is 11.6. The number of aryl methyl sites for hydroxylation is 2. The summed E-state index contributed by atoms with van der Waals surface area (Å²) in [7, 11) is 1.79. The van der Waals surface area contributed by atoms with E-state index in [1.807, 2.05) is 6.92 Å². The van der Waals surface area contributed by atoms with Crippen LogP contribution in [0.5, 0.6) is 0 Å². The van der Waals surface area contributed by atoms with Crippen LogP contribution in [0.15, 0.2) is 60.8 Å². The van der Waals surface area contributed by atoms with E-state index >= 15 is 0 Å². The highest BCUT2D eigenvalue weighted by Gasteiger charge is 2.30. The molecule has 1 N–H and O–H groups in total. The molecule has 30 heavy (non-hydrogen) atoms. The summed E-state index contributed by atoms with van der Waals surface area (Å²) in [6.07, 6.45) is -2.87. The molecule has 4 aromatic rings. The van der Waals surface area contributed by atoms with Gasteiger partial charge < -0.3 is 5.32 Å². The van der Waals surface area contributed by atoms with E-state index in [0.29, 0.717) is 28.0 Å². The molecule has 0 fully saturated rings. The molecule has 152 valence electrons. The second-order valence-corrected chi connectivity index (χ2v) is 6.88. The first-order valence-corrected chi connectivity index (χ1v) is 9.11. The number of alkyl halides is 3. The second-order valence-electron chi connectivity index (χ2n) is 6.88. The minimum atomic E-state index is -4.41. The zero-order valence-corrected chi connectivity index (χ0v) is 16.2. The van der Waals surface area contributed by atoms with Crippen molar-refractivity contribution in [2.75, 3.05) is 5.32 Å². The highest BCUT2D eigenvalue weighted by atomic mass is 19.4. The van der Waals surface area contributed by atoms with Crippen molar-refractivity contribution in [1.82, 2.24) is 14.8 Å². The summed E-state index contributed by atoms with van der Waals surface area (Å²) < 4.78 is 40.2. The molecule has 0 atom stereocenters. The van der Waals surface area contributed by atoms with Gasteiger partial charge in [-0.2, -0.15) is 18.3 Å². The zero-order chi connectivity index (χ0) is 21.5. The molecule has 8 heteroatoms. The molecule has 4 rings (SSSR count). The van der Waals surface area contributed by atoms with Gasteiger partial charge in [0.05, 0.1) is 23.1 Å². The Bertz CT molecular complexity index is 1240. The van der Waals surface area contributed by atoms with Crippen LogP contribution in [-0.4, -0.2) is 20.7 Å². The number of amides is 1. The van der Waals surface area contributed by atoms with Gasteiger partial charge in [-0.15, -0.1) is 0 Å². The number of anilines is 1. The fourth-order valence-electron chi connectivity index (χ4n) is 3.35. The van der Waals surface area contributed by atoms with Crippen molar-refractivity contribution in [1.29, 1.82) is 0 Å². The molecule has 0 saturated heterocycles. The van der Waals surface area contributed by atoms with Crippen LogP contribution in [0.25, 0.3) is 22.2 Å². The first-order valence-electron chi connectivity index (χ1n) is 9.11. The SMILES string of the molecule is Cc1nn(C)c2ncc(NC(=O)c3ccccc3-c3ccc(C(F)(F)F)cc3)cc12. The predicted octanol–water partition coefficient (Wildman–Crippen LogP) is 5.21. The van der Waals surface area contributed by atoms with Crippen LogP contribution >= 0.6 is 0 Å². The summed E-state index contributed by atoms with van der Waals surface area (Å²) in [6.45, 7) is 1.86. The van der Waals surface area contributed by atoms with Gasteiger partial charge in [0.1, 0.15) is 0 Å². The number of halogens is 3. The molecule has 1 amide bonds. The molecule has 0 saturated carbocycles. The van der Waals surface area contributed by atoms with Crippen molar-refractivity contribution >= 4 is 22.6 Å². The van der Waals surface area contributed by atoms with Crippen LogP contribution in [-0.2, 0) is 13.2 Å². The number of carbonyl (C=O) groups excluding carboxylic acids is 1. The van der Waals surface area contributed by atoms with E-state index in [0.717, 1.165) is 23.2 Å². The Morgan fingerprint density at radius 1 is 1.07 bits per heavy atom. The monoisotopic (exact) mass is 410 g/mol. The summed E-state index contributed by atoms with van der Waals surface area (Å²) in [5, 5.41) is 7.95. The van der Waals surface area contributed by atoms with Crippen LogP contribution in [0.4, 0.5) is 18.9 Å². The van der Waals surface area contributed by atoms with E-state index in [2.05, 4.69) is 15.4 Å². The van der Waals surface area contributed by atoms with Gasteiger partial charge in [0, 0.05) is 18.0 Å². The van der Waals surface area contributed by atoms with Gasteiger partial charge in [0.25, 0.3) is 5.91 Å². The lowest BCUT2D eigenvalue weighted by Gasteiger charge is -2.12. The Hall–Kier alpha value is -3.68. The average molecular weight is 410 g/mol. The number of carbonyl (C=O) groups is 1. The molecule has 0 spiro atoms. The number of benzene rings is 2. The fraction of sp³-hybridized carbons (Fsp3) is 0.136. The molecule has 2 heterocycles. The maximum atomic E-state index is 12.9. The molecule has 2 aromatic heterocycles. The van der Waals surface area contributed by atoms with Crippen molar-refractivity contribution < 1.29 is 18.0 Å². The van der Waals surface area contributed by atoms with Gasteiger partial charge in [-0.05, 0) is 42.3 Å². The summed E-state index contributed by atoms with van der Waals surface area (Å²) in [6, 6.07) is 13.3. The Balaban J connectivity index is 1.65. The molecule has 0 aliphatic rings. The maximum Gasteiger partial charge on any atom is 0.416 e. The minimum Gasteiger partial charge on any atom is -0.321 e. The van der Waals surface area contributed by atoms with Crippen molar-refractivity contribution in [2.45, 2.75) is 13.1 Å². The summed E-state index contributed by atoms with van der Waals surface area (Å²) >= 11 is 0. The number of nitrogens with zero attached hydrogens (tertiary/aromatic N) is 3. The first-order chi connectivity index (χ1) is 14.2. The smallest absolute Gasteiger partial charge is 0.321 e. The molecular weight excluding hydrogens is 393 g/mol. The second kappa shape index (κ2) is 7.29. The van der Waals surface area contributed by atoms with Gasteiger partial charge in [0.2, 0.25) is 0 Å². The van der Waals surface area contributed by atoms with Crippen molar-refractivity contribution in [2.24, 2.45) is 7.05 Å². The fourth-order valence-corrected chi connectivity index (χ4v) is 3.35. The van der Waals surface area contributed by atoms with E-state index in [1.54, 1.807) is 48.3 Å². The van der Waals surface area contributed by atoms with Gasteiger partial charge >= 0.3 is 6.18 Å². The number of rotatable bonds is 3. The van der Waals surface area contributed by atoms with Gasteiger partial charge in [0.15, 0.2) is 5.65 Å². The van der Waals surface area contributed by atoms with Gasteiger partial charge in [-0.3, -0.25) is 9.48 Å². The molecular formula is C22H17F3N4O. The largest absolute Gasteiger partial charge is 0.416 e. The standard InChI is InChI=1S/C22H17F3N4O/c1-13-19-11-16(12-26-20(19)29(2)28-13)27-21(30)18-6-4-3-5-17(18)14-7-9-15(10-8-14)22(23,24)25/h3-12H,1-2H3,(H,27,30). The Morgan fingerprint density at radius 3 is 2.47 bits per heavy atom. The highest BCUT2D eigenvalue weighted by molar-refractivity contribution is 6.09. The third-order valence-electron chi connectivity index (χ3n) is 4.82. The molecule has 5 nitrogen and oxygen atoms in total. The van der Waals surface area contributed by atoms with Crippen molar-refractivity contribution in [3.8, 4) is 11.1 Å². The predicted molar refractivity (Wildman–Crippen MR) is 108 cm³/mol. The number of hydrogen-bond acceptors (Lipinski definition) is 3. The quantitative estimate of drug-likeness (QED) is 0.504. The highest BCUT2D eigenvalue weighted by Crippen LogP contribution is 2.32. The lowest BCUT2D eigenvalue weighted by molar-refractivity contribution is -0.137. The van der Waals surface area contributed by atoms with Crippen LogP contribution in [0.3, 0.4) is 0 Å². The third kappa shape index (κ3) is 3.63. The van der Waals surface area contributed by atoms with Gasteiger partial charge in [-0.25, -0.2) is 4.98 Å². The summed E-state index contributed by atoms with van der Waals surface area (Å²) in [4.78, 5) is 17.3. The number of pyridine rings is 1. The van der Waals surface area contributed by atoms with E-state index in [9.17, 15) is 18.0 Å². The topological polar surface area (TPSA) is 59.8 Å². The molecule has 0 bridgehead atoms. The molecule has 0 aliphatic heterocycles. The van der Waals surface area contributed by atoms with Crippen molar-refractivity contribution in [3.63, 3.8) is 0 Å². The molecule has 2 aromatic carbocycles. The number of hydrogen-bond donors (Lipinski definition) is 1. The number of fused-ring (bicyclic) bond motifs is 1. The van der Waals surface area contributed by atoms with E-state index in [1.165, 1.54) is 12.1 Å². The minimum absolute atomic E-state index is 0.347. The van der Waals surface area contributed by atoms with E-state index in [-0.39, 0.29) is 5.91 Å².